The monoisotopic (exact) mass is 354 g/mol. The minimum Gasteiger partial charge on any atom is -0.301 e. The molecule has 0 aliphatic heterocycles. The van der Waals surface area contributed by atoms with Crippen molar-refractivity contribution in [3.05, 3.63) is 59.7 Å². The summed E-state index contributed by atoms with van der Waals surface area (Å²) < 4.78 is 0. The molecule has 1 atom stereocenters. The van der Waals surface area contributed by atoms with E-state index in [9.17, 15) is 0 Å². The quantitative estimate of drug-likeness (QED) is 0.579. The Balaban J connectivity index is -0.000000640. The number of halogens is 3. The zero-order valence-electron chi connectivity index (χ0n) is 11.0. The van der Waals surface area contributed by atoms with Crippen LogP contribution in [0.5, 0.6) is 0 Å². The Morgan fingerprint density at radius 2 is 1.63 bits per heavy atom. The van der Waals surface area contributed by atoms with Gasteiger partial charge in [-0.15, -0.1) is 43.6 Å². The van der Waals surface area contributed by atoms with Gasteiger partial charge in [0.05, 0.1) is 0 Å². The number of allylic oxidation sites excluding steroid dienone is 2. The van der Waals surface area contributed by atoms with Crippen LogP contribution in [0, 0.1) is 6.08 Å². The topological polar surface area (TPSA) is 3.24 Å². The molecule has 0 bridgehead atoms. The maximum atomic E-state index is 3.40. The molecule has 1 aromatic rings. The zero-order chi connectivity index (χ0) is 10.7. The third-order valence-electron chi connectivity index (χ3n) is 2.65. The second-order valence-electron chi connectivity index (χ2n) is 4.02. The molecule has 0 amide bonds. The SMILES string of the molecule is CN(C)C(C1=[C-]CC=C1)c1ccccc1.Cl.Cl.Cl.[Ti]. The molecular weight excluding hydrogens is 336 g/mol. The number of benzene rings is 1. The van der Waals surface area contributed by atoms with E-state index in [4.69, 9.17) is 0 Å². The number of rotatable bonds is 3. The fraction of sp³-hybridized carbons (Fsp3) is 0.286. The van der Waals surface area contributed by atoms with Gasteiger partial charge >= 0.3 is 0 Å². The Hall–Kier alpha value is 0.244. The summed E-state index contributed by atoms with van der Waals surface area (Å²) in [5.41, 5.74) is 2.61. The minimum absolute atomic E-state index is 0. The van der Waals surface area contributed by atoms with E-state index in [1.165, 1.54) is 11.1 Å². The number of likely N-dealkylation sites (N-methyl/N-ethyl adjacent to an activating group) is 1. The Kier molecular flexibility index (Phi) is 15.4. The van der Waals surface area contributed by atoms with Crippen molar-refractivity contribution in [2.75, 3.05) is 14.1 Å². The van der Waals surface area contributed by atoms with Crippen molar-refractivity contribution in [2.24, 2.45) is 0 Å². The van der Waals surface area contributed by atoms with Gasteiger partial charge in [-0.1, -0.05) is 30.3 Å². The number of nitrogens with zero attached hydrogens (tertiary/aromatic N) is 1. The van der Waals surface area contributed by atoms with Crippen LogP contribution in [-0.4, -0.2) is 19.0 Å². The van der Waals surface area contributed by atoms with Gasteiger partial charge in [-0.3, -0.25) is 6.08 Å². The van der Waals surface area contributed by atoms with E-state index in [1.807, 2.05) is 0 Å². The van der Waals surface area contributed by atoms with E-state index < -0.39 is 0 Å². The molecule has 0 fully saturated rings. The van der Waals surface area contributed by atoms with Crippen LogP contribution in [0.15, 0.2) is 48.1 Å². The molecule has 0 heterocycles. The van der Waals surface area contributed by atoms with Crippen LogP contribution in [0.4, 0.5) is 0 Å². The molecular formula is C14H19Cl3NTi-. The van der Waals surface area contributed by atoms with Gasteiger partial charge < -0.3 is 4.90 Å². The van der Waals surface area contributed by atoms with Crippen molar-refractivity contribution < 1.29 is 21.7 Å². The first-order valence-electron chi connectivity index (χ1n) is 5.27. The van der Waals surface area contributed by atoms with Gasteiger partial charge in [0, 0.05) is 27.8 Å². The molecule has 0 saturated carbocycles. The third kappa shape index (κ3) is 6.49. The maximum Gasteiger partial charge on any atom is 0.0263 e. The fourth-order valence-corrected chi connectivity index (χ4v) is 2.00. The normalized spacial score (nSPS) is 13.3. The van der Waals surface area contributed by atoms with Gasteiger partial charge in [-0.05, 0) is 19.7 Å². The Morgan fingerprint density at radius 1 is 1.05 bits per heavy atom. The Labute approximate surface area is 149 Å². The summed E-state index contributed by atoms with van der Waals surface area (Å²) in [5, 5.41) is 0. The molecule has 19 heavy (non-hydrogen) atoms. The van der Waals surface area contributed by atoms with Gasteiger partial charge in [0.25, 0.3) is 0 Å². The molecule has 0 aromatic heterocycles. The zero-order valence-corrected chi connectivity index (χ0v) is 15.0. The van der Waals surface area contributed by atoms with Crippen LogP contribution in [0.1, 0.15) is 18.0 Å². The molecule has 0 N–H and O–H groups in total. The van der Waals surface area contributed by atoms with Gasteiger partial charge in [-0.25, -0.2) is 11.6 Å². The largest absolute Gasteiger partial charge is 0.301 e. The van der Waals surface area contributed by atoms with Gasteiger partial charge in [0.15, 0.2) is 0 Å². The molecule has 1 aliphatic rings. The van der Waals surface area contributed by atoms with Crippen LogP contribution in [0.3, 0.4) is 0 Å². The minimum atomic E-state index is 0. The van der Waals surface area contributed by atoms with Crippen LogP contribution < -0.4 is 0 Å². The van der Waals surface area contributed by atoms with Gasteiger partial charge in [-0.2, -0.15) is 6.08 Å². The first kappa shape index (κ1) is 24.3. The average Bonchev–Trinajstić information content (AvgIpc) is 2.72. The summed E-state index contributed by atoms with van der Waals surface area (Å²) in [6, 6.07) is 10.9. The summed E-state index contributed by atoms with van der Waals surface area (Å²) in [6.45, 7) is 0. The van der Waals surface area contributed by atoms with Crippen molar-refractivity contribution in [3.63, 3.8) is 0 Å². The van der Waals surface area contributed by atoms with Crippen molar-refractivity contribution >= 4 is 37.2 Å². The molecule has 0 radical (unpaired) electrons. The summed E-state index contributed by atoms with van der Waals surface area (Å²) in [5.74, 6) is 0. The van der Waals surface area contributed by atoms with Gasteiger partial charge in [0.2, 0.25) is 0 Å². The number of hydrogen-bond donors (Lipinski definition) is 0. The predicted molar refractivity (Wildman–Crippen MR) is 85.1 cm³/mol. The molecule has 0 spiro atoms. The maximum absolute atomic E-state index is 3.40. The second kappa shape index (κ2) is 12.0. The van der Waals surface area contributed by atoms with E-state index in [1.54, 1.807) is 0 Å². The smallest absolute Gasteiger partial charge is 0.0263 e. The molecule has 5 heteroatoms. The molecule has 1 nitrogen and oxygen atoms in total. The first-order chi connectivity index (χ1) is 7.29. The van der Waals surface area contributed by atoms with Crippen molar-refractivity contribution in [1.82, 2.24) is 4.90 Å². The van der Waals surface area contributed by atoms with Crippen LogP contribution in [0.25, 0.3) is 0 Å². The van der Waals surface area contributed by atoms with Crippen LogP contribution in [-0.2, 0) is 21.7 Å². The molecule has 1 aliphatic carbocycles. The van der Waals surface area contributed by atoms with Crippen LogP contribution in [0.2, 0.25) is 0 Å². The molecule has 1 unspecified atom stereocenters. The third-order valence-corrected chi connectivity index (χ3v) is 2.65. The summed E-state index contributed by atoms with van der Waals surface area (Å²) in [4.78, 5) is 2.23. The first-order valence-corrected chi connectivity index (χ1v) is 5.27. The standard InChI is InChI=1S/C14H16N.3ClH.Ti/c1-15(2)14(13-10-6-7-11-13)12-8-4-3-5-9-12;;;;/h3-6,8-10,14H,7H2,1-2H3;3*1H;/q-1;;;;. The van der Waals surface area contributed by atoms with E-state index >= 15 is 0 Å². The molecule has 2 rings (SSSR count). The second-order valence-corrected chi connectivity index (χ2v) is 4.02. The van der Waals surface area contributed by atoms with E-state index in [-0.39, 0.29) is 58.9 Å². The van der Waals surface area contributed by atoms with E-state index in [0.717, 1.165) is 6.42 Å². The molecule has 106 valence electrons. The Morgan fingerprint density at radius 3 is 2.05 bits per heavy atom. The molecule has 1 aromatic carbocycles. The Bertz CT molecular complexity index is 391. The van der Waals surface area contributed by atoms with E-state index in [2.05, 4.69) is 67.6 Å². The van der Waals surface area contributed by atoms with Crippen molar-refractivity contribution in [1.29, 1.82) is 0 Å². The van der Waals surface area contributed by atoms with Crippen molar-refractivity contribution in [2.45, 2.75) is 12.5 Å². The van der Waals surface area contributed by atoms with Gasteiger partial charge in [0.1, 0.15) is 0 Å². The van der Waals surface area contributed by atoms with E-state index in [0.29, 0.717) is 6.04 Å². The summed E-state index contributed by atoms with van der Waals surface area (Å²) >= 11 is 0. The fourth-order valence-electron chi connectivity index (χ4n) is 2.00. The predicted octanol–water partition coefficient (Wildman–Crippen LogP) is 4.24. The molecule has 0 saturated heterocycles. The summed E-state index contributed by atoms with van der Waals surface area (Å²) in [6.07, 6.45) is 8.69. The number of hydrogen-bond acceptors (Lipinski definition) is 1. The summed E-state index contributed by atoms with van der Waals surface area (Å²) in [7, 11) is 4.22. The van der Waals surface area contributed by atoms with Crippen LogP contribution >= 0.6 is 37.2 Å². The van der Waals surface area contributed by atoms with Crippen molar-refractivity contribution in [3.8, 4) is 0 Å². The average molecular weight is 356 g/mol.